The highest BCUT2D eigenvalue weighted by Crippen LogP contribution is 2.36. The Morgan fingerprint density at radius 1 is 1.12 bits per heavy atom. The van der Waals surface area contributed by atoms with E-state index in [2.05, 4.69) is 29.2 Å². The van der Waals surface area contributed by atoms with E-state index in [1.54, 1.807) is 0 Å². The minimum absolute atomic E-state index is 0.787. The predicted molar refractivity (Wildman–Crippen MR) is 71.2 cm³/mol. The van der Waals surface area contributed by atoms with Crippen LogP contribution in [0.4, 0.5) is 0 Å². The highest BCUT2D eigenvalue weighted by molar-refractivity contribution is 4.98. The number of piperidine rings is 1. The van der Waals surface area contributed by atoms with Crippen molar-refractivity contribution in [1.82, 2.24) is 15.1 Å². The van der Waals surface area contributed by atoms with Crippen molar-refractivity contribution in [2.75, 3.05) is 33.7 Å². The van der Waals surface area contributed by atoms with Crippen LogP contribution in [-0.4, -0.2) is 61.7 Å². The largest absolute Gasteiger partial charge is 0.317 e. The molecule has 0 radical (unpaired) electrons. The van der Waals surface area contributed by atoms with Crippen LogP contribution < -0.4 is 5.32 Å². The van der Waals surface area contributed by atoms with Crippen LogP contribution in [0.2, 0.25) is 0 Å². The molecule has 0 aromatic rings. The van der Waals surface area contributed by atoms with Crippen LogP contribution in [0.25, 0.3) is 0 Å². The second-order valence-electron chi connectivity index (χ2n) is 6.46. The summed E-state index contributed by atoms with van der Waals surface area (Å²) in [5.74, 6) is 0.939. The lowest BCUT2D eigenvalue weighted by Gasteiger charge is -2.40. The molecule has 0 aliphatic carbocycles. The normalized spacial score (nSPS) is 43.4. The van der Waals surface area contributed by atoms with Crippen molar-refractivity contribution in [3.8, 4) is 0 Å². The summed E-state index contributed by atoms with van der Waals surface area (Å²) in [6, 6.07) is 2.56. The second kappa shape index (κ2) is 4.87. The maximum absolute atomic E-state index is 3.49. The number of fused-ring (bicyclic) bond motifs is 2. The molecule has 3 heteroatoms. The molecule has 0 spiro atoms. The van der Waals surface area contributed by atoms with Crippen LogP contribution in [0, 0.1) is 5.92 Å². The van der Waals surface area contributed by atoms with Gasteiger partial charge in [-0.2, -0.15) is 0 Å². The molecular formula is C14H27N3. The SMILES string of the molecule is CNC1CC2CCC(C1)N2CC1CCN(C)C1. The molecular weight excluding hydrogens is 210 g/mol. The summed E-state index contributed by atoms with van der Waals surface area (Å²) >= 11 is 0. The molecule has 3 aliphatic rings. The van der Waals surface area contributed by atoms with E-state index in [0.717, 1.165) is 24.0 Å². The number of nitrogens with one attached hydrogen (secondary N) is 1. The first kappa shape index (κ1) is 11.9. The molecule has 0 amide bonds. The van der Waals surface area contributed by atoms with Crippen LogP contribution in [0.1, 0.15) is 32.1 Å². The van der Waals surface area contributed by atoms with E-state index in [9.17, 15) is 0 Å². The van der Waals surface area contributed by atoms with Crippen LogP contribution in [0.3, 0.4) is 0 Å². The monoisotopic (exact) mass is 237 g/mol. The number of rotatable bonds is 3. The van der Waals surface area contributed by atoms with Crippen LogP contribution >= 0.6 is 0 Å². The van der Waals surface area contributed by atoms with E-state index in [4.69, 9.17) is 0 Å². The first-order valence-electron chi connectivity index (χ1n) is 7.38. The molecule has 3 rings (SSSR count). The summed E-state index contributed by atoms with van der Waals surface area (Å²) in [5.41, 5.74) is 0. The Morgan fingerprint density at radius 3 is 2.35 bits per heavy atom. The smallest absolute Gasteiger partial charge is 0.0114 e. The quantitative estimate of drug-likeness (QED) is 0.794. The molecule has 3 unspecified atom stereocenters. The Hall–Kier alpha value is -0.120. The van der Waals surface area contributed by atoms with Crippen LogP contribution in [0.15, 0.2) is 0 Å². The lowest BCUT2D eigenvalue weighted by Crippen LogP contribution is -2.49. The second-order valence-corrected chi connectivity index (χ2v) is 6.46. The number of hydrogen-bond donors (Lipinski definition) is 1. The van der Waals surface area contributed by atoms with Gasteiger partial charge >= 0.3 is 0 Å². The van der Waals surface area contributed by atoms with Crippen molar-refractivity contribution in [1.29, 1.82) is 0 Å². The number of likely N-dealkylation sites (tertiary alicyclic amines) is 1. The summed E-state index contributed by atoms with van der Waals surface area (Å²) in [6.07, 6.45) is 7.09. The molecule has 2 bridgehead atoms. The van der Waals surface area contributed by atoms with Gasteiger partial charge in [0.15, 0.2) is 0 Å². The zero-order valence-corrected chi connectivity index (χ0v) is 11.4. The van der Waals surface area contributed by atoms with Gasteiger partial charge in [0.1, 0.15) is 0 Å². The van der Waals surface area contributed by atoms with Gasteiger partial charge in [-0.3, -0.25) is 4.90 Å². The third kappa shape index (κ3) is 2.38. The molecule has 0 aromatic heterocycles. The van der Waals surface area contributed by atoms with Crippen molar-refractivity contribution in [2.45, 2.75) is 50.2 Å². The fraction of sp³-hybridized carbons (Fsp3) is 1.00. The predicted octanol–water partition coefficient (Wildman–Crippen LogP) is 1.15. The van der Waals surface area contributed by atoms with Gasteiger partial charge in [-0.15, -0.1) is 0 Å². The molecule has 3 saturated heterocycles. The average molecular weight is 237 g/mol. The van der Waals surface area contributed by atoms with Gasteiger partial charge in [-0.1, -0.05) is 0 Å². The van der Waals surface area contributed by atoms with Gasteiger partial charge in [0.25, 0.3) is 0 Å². The molecule has 3 heterocycles. The van der Waals surface area contributed by atoms with E-state index in [1.165, 1.54) is 51.7 Å². The van der Waals surface area contributed by atoms with Gasteiger partial charge in [0.05, 0.1) is 0 Å². The summed E-state index contributed by atoms with van der Waals surface area (Å²) in [6.45, 7) is 4.01. The Morgan fingerprint density at radius 2 is 1.82 bits per heavy atom. The lowest BCUT2D eigenvalue weighted by molar-refractivity contribution is 0.101. The third-order valence-electron chi connectivity index (χ3n) is 5.25. The van der Waals surface area contributed by atoms with Crippen molar-refractivity contribution in [2.24, 2.45) is 5.92 Å². The molecule has 0 aromatic carbocycles. The molecule has 3 aliphatic heterocycles. The van der Waals surface area contributed by atoms with Crippen LogP contribution in [0.5, 0.6) is 0 Å². The van der Waals surface area contributed by atoms with Gasteiger partial charge in [-0.25, -0.2) is 0 Å². The Balaban J connectivity index is 1.58. The maximum atomic E-state index is 3.49. The van der Waals surface area contributed by atoms with E-state index in [1.807, 2.05) is 0 Å². The molecule has 3 atom stereocenters. The zero-order valence-electron chi connectivity index (χ0n) is 11.4. The van der Waals surface area contributed by atoms with Gasteiger partial charge in [0, 0.05) is 31.2 Å². The summed E-state index contributed by atoms with van der Waals surface area (Å²) in [4.78, 5) is 5.35. The summed E-state index contributed by atoms with van der Waals surface area (Å²) < 4.78 is 0. The van der Waals surface area contributed by atoms with E-state index >= 15 is 0 Å². The highest BCUT2D eigenvalue weighted by Gasteiger charge is 2.41. The third-order valence-corrected chi connectivity index (χ3v) is 5.25. The van der Waals surface area contributed by atoms with Crippen molar-refractivity contribution in [3.05, 3.63) is 0 Å². The van der Waals surface area contributed by atoms with Gasteiger partial charge in [-0.05, 0) is 58.7 Å². The summed E-state index contributed by atoms with van der Waals surface area (Å²) in [7, 11) is 4.40. The van der Waals surface area contributed by atoms with Crippen molar-refractivity contribution < 1.29 is 0 Å². The fourth-order valence-electron chi connectivity index (χ4n) is 4.28. The molecule has 98 valence electrons. The Labute approximate surface area is 106 Å². The molecule has 3 fully saturated rings. The first-order chi connectivity index (χ1) is 8.26. The minimum atomic E-state index is 0.787. The lowest BCUT2D eigenvalue weighted by atomic mass is 9.95. The number of nitrogens with zero attached hydrogens (tertiary/aromatic N) is 2. The maximum Gasteiger partial charge on any atom is 0.0114 e. The molecule has 17 heavy (non-hydrogen) atoms. The molecule has 3 nitrogen and oxygen atoms in total. The van der Waals surface area contributed by atoms with Crippen molar-refractivity contribution in [3.63, 3.8) is 0 Å². The minimum Gasteiger partial charge on any atom is -0.317 e. The summed E-state index contributed by atoms with van der Waals surface area (Å²) in [5, 5.41) is 3.49. The fourth-order valence-corrected chi connectivity index (χ4v) is 4.28. The number of hydrogen-bond acceptors (Lipinski definition) is 3. The van der Waals surface area contributed by atoms with Gasteiger partial charge < -0.3 is 10.2 Å². The van der Waals surface area contributed by atoms with Crippen LogP contribution in [-0.2, 0) is 0 Å². The Kier molecular flexibility index (Phi) is 3.42. The topological polar surface area (TPSA) is 18.5 Å². The van der Waals surface area contributed by atoms with E-state index < -0.39 is 0 Å². The first-order valence-corrected chi connectivity index (χ1v) is 7.38. The van der Waals surface area contributed by atoms with E-state index in [-0.39, 0.29) is 0 Å². The molecule has 0 saturated carbocycles. The van der Waals surface area contributed by atoms with E-state index in [0.29, 0.717) is 0 Å². The Bertz CT molecular complexity index is 254. The highest BCUT2D eigenvalue weighted by atomic mass is 15.2. The zero-order chi connectivity index (χ0) is 11.8. The standard InChI is InChI=1S/C14H27N3/c1-15-12-7-13-3-4-14(8-12)17(13)10-11-5-6-16(2)9-11/h11-15H,3-10H2,1-2H3. The van der Waals surface area contributed by atoms with Crippen molar-refractivity contribution >= 4 is 0 Å². The van der Waals surface area contributed by atoms with Gasteiger partial charge in [0.2, 0.25) is 0 Å². The average Bonchev–Trinajstić information content (AvgIpc) is 2.82. The molecule has 1 N–H and O–H groups in total.